The zero-order valence-electron chi connectivity index (χ0n) is 17.2. The highest BCUT2D eigenvalue weighted by atomic mass is 16.6. The number of phenols is 1. The van der Waals surface area contributed by atoms with Gasteiger partial charge < -0.3 is 14.9 Å². The number of ketones is 1. The van der Waals surface area contributed by atoms with Crippen molar-refractivity contribution in [2.24, 2.45) is 5.92 Å². The van der Waals surface area contributed by atoms with Gasteiger partial charge in [-0.2, -0.15) is 0 Å². The second-order valence-corrected chi connectivity index (χ2v) is 8.13. The fraction of sp³-hybridized carbons (Fsp3) is 0.391. The third kappa shape index (κ3) is 4.38. The number of benzene rings is 2. The van der Waals surface area contributed by atoms with Gasteiger partial charge in [-0.25, -0.2) is 0 Å². The number of nitrogens with zero attached hydrogens (tertiary/aromatic N) is 3. The van der Waals surface area contributed by atoms with Gasteiger partial charge in [-0.1, -0.05) is 0 Å². The standard InChI is InChI=1S/C23H25N3O5/c27-19-6-3-16(4-7-19)22(28)17-9-13-25(14-10-17)23(29)20-15-18(26(30)31)5-8-21(20)24-11-1-2-12-24/h3-8,15,17,27H,1-2,9-14H2. The second-order valence-electron chi connectivity index (χ2n) is 8.13. The molecular formula is C23H25N3O5. The maximum absolute atomic E-state index is 13.3. The Morgan fingerprint density at radius 2 is 1.61 bits per heavy atom. The first kappa shape index (κ1) is 20.8. The Hall–Kier alpha value is -3.42. The van der Waals surface area contributed by atoms with Crippen molar-refractivity contribution < 1.29 is 19.6 Å². The van der Waals surface area contributed by atoms with Crippen LogP contribution in [0.25, 0.3) is 0 Å². The Balaban J connectivity index is 1.49. The Morgan fingerprint density at radius 1 is 0.968 bits per heavy atom. The van der Waals surface area contributed by atoms with Crippen LogP contribution in [0.4, 0.5) is 11.4 Å². The molecular weight excluding hydrogens is 398 g/mol. The van der Waals surface area contributed by atoms with Crippen LogP contribution in [0, 0.1) is 16.0 Å². The Morgan fingerprint density at radius 3 is 2.23 bits per heavy atom. The van der Waals surface area contributed by atoms with Gasteiger partial charge in [0.1, 0.15) is 5.75 Å². The molecule has 4 rings (SSSR count). The zero-order chi connectivity index (χ0) is 22.0. The average molecular weight is 423 g/mol. The minimum absolute atomic E-state index is 0.0141. The van der Waals surface area contributed by atoms with Crippen LogP contribution >= 0.6 is 0 Å². The van der Waals surface area contributed by atoms with E-state index in [0.29, 0.717) is 37.1 Å². The lowest BCUT2D eigenvalue weighted by molar-refractivity contribution is -0.384. The smallest absolute Gasteiger partial charge is 0.270 e. The van der Waals surface area contributed by atoms with E-state index in [0.717, 1.165) is 31.6 Å². The summed E-state index contributed by atoms with van der Waals surface area (Å²) in [5, 5.41) is 20.7. The Kier molecular flexibility index (Phi) is 5.88. The van der Waals surface area contributed by atoms with Crippen LogP contribution < -0.4 is 4.90 Å². The van der Waals surface area contributed by atoms with E-state index in [9.17, 15) is 24.8 Å². The summed E-state index contributed by atoms with van der Waals surface area (Å²) in [4.78, 5) is 40.6. The third-order valence-corrected chi connectivity index (χ3v) is 6.17. The topological polar surface area (TPSA) is 104 Å². The first-order valence-electron chi connectivity index (χ1n) is 10.6. The lowest BCUT2D eigenvalue weighted by Gasteiger charge is -2.32. The summed E-state index contributed by atoms with van der Waals surface area (Å²) in [6.07, 6.45) is 3.16. The fourth-order valence-electron chi connectivity index (χ4n) is 4.42. The Bertz CT molecular complexity index is 991. The SMILES string of the molecule is O=C(c1ccc(O)cc1)C1CCN(C(=O)c2cc([N+](=O)[O-])ccc2N2CCCC2)CC1. The lowest BCUT2D eigenvalue weighted by atomic mass is 9.88. The number of anilines is 1. The largest absolute Gasteiger partial charge is 0.508 e. The number of amides is 1. The molecule has 0 unspecified atom stereocenters. The van der Waals surface area contributed by atoms with Crippen LogP contribution in [-0.4, -0.2) is 52.8 Å². The summed E-state index contributed by atoms with van der Waals surface area (Å²) in [6, 6.07) is 10.7. The number of phenolic OH excluding ortho intramolecular Hbond substituents is 1. The quantitative estimate of drug-likeness (QED) is 0.447. The number of nitro benzene ring substituents is 1. The summed E-state index contributed by atoms with van der Waals surface area (Å²) in [5.41, 5.74) is 1.57. The van der Waals surface area contributed by atoms with Crippen molar-refractivity contribution in [1.29, 1.82) is 0 Å². The van der Waals surface area contributed by atoms with Crippen LogP contribution in [0.15, 0.2) is 42.5 Å². The maximum atomic E-state index is 13.3. The molecule has 1 N–H and O–H groups in total. The van der Waals surface area contributed by atoms with Crippen molar-refractivity contribution in [3.05, 3.63) is 63.7 Å². The molecule has 2 aliphatic heterocycles. The molecule has 8 nitrogen and oxygen atoms in total. The summed E-state index contributed by atoms with van der Waals surface area (Å²) in [5.74, 6) is -0.277. The molecule has 2 aromatic rings. The number of Topliss-reactive ketones (excluding diaryl/α,β-unsaturated/α-hetero) is 1. The molecule has 0 aromatic heterocycles. The van der Waals surface area contributed by atoms with Crippen LogP contribution in [0.1, 0.15) is 46.4 Å². The van der Waals surface area contributed by atoms with Crippen LogP contribution in [0.3, 0.4) is 0 Å². The van der Waals surface area contributed by atoms with Gasteiger partial charge >= 0.3 is 0 Å². The number of likely N-dealkylation sites (tertiary alicyclic amines) is 1. The Labute approximate surface area is 180 Å². The van der Waals surface area contributed by atoms with Crippen LogP contribution in [-0.2, 0) is 0 Å². The first-order chi connectivity index (χ1) is 14.9. The van der Waals surface area contributed by atoms with E-state index in [-0.39, 0.29) is 29.0 Å². The molecule has 0 bridgehead atoms. The van der Waals surface area contributed by atoms with Crippen molar-refractivity contribution in [3.8, 4) is 5.75 Å². The normalized spacial score (nSPS) is 17.0. The minimum Gasteiger partial charge on any atom is -0.508 e. The van der Waals surface area contributed by atoms with E-state index in [1.165, 1.54) is 24.3 Å². The number of hydrogen-bond donors (Lipinski definition) is 1. The van der Waals surface area contributed by atoms with Crippen molar-refractivity contribution >= 4 is 23.1 Å². The van der Waals surface area contributed by atoms with Gasteiger partial charge in [0.15, 0.2) is 5.78 Å². The van der Waals surface area contributed by atoms with Gasteiger partial charge in [0.2, 0.25) is 0 Å². The van der Waals surface area contributed by atoms with Crippen LogP contribution in [0.5, 0.6) is 5.75 Å². The summed E-state index contributed by atoms with van der Waals surface area (Å²) >= 11 is 0. The number of hydrogen-bond acceptors (Lipinski definition) is 6. The van der Waals surface area contributed by atoms with Gasteiger partial charge in [-0.15, -0.1) is 0 Å². The molecule has 2 aromatic carbocycles. The first-order valence-corrected chi connectivity index (χ1v) is 10.6. The fourth-order valence-corrected chi connectivity index (χ4v) is 4.42. The summed E-state index contributed by atoms with van der Waals surface area (Å²) < 4.78 is 0. The van der Waals surface area contributed by atoms with Crippen molar-refractivity contribution in [3.63, 3.8) is 0 Å². The molecule has 2 saturated heterocycles. The molecule has 0 aliphatic carbocycles. The van der Waals surface area contributed by atoms with E-state index < -0.39 is 4.92 Å². The second kappa shape index (κ2) is 8.75. The van der Waals surface area contributed by atoms with E-state index in [4.69, 9.17) is 0 Å². The minimum atomic E-state index is -0.479. The highest BCUT2D eigenvalue weighted by molar-refractivity contribution is 6.01. The zero-order valence-corrected chi connectivity index (χ0v) is 17.2. The van der Waals surface area contributed by atoms with Gasteiger partial charge in [0, 0.05) is 49.8 Å². The van der Waals surface area contributed by atoms with Gasteiger partial charge in [0.25, 0.3) is 11.6 Å². The highest BCUT2D eigenvalue weighted by Crippen LogP contribution is 2.31. The van der Waals surface area contributed by atoms with Crippen LogP contribution in [0.2, 0.25) is 0 Å². The molecule has 31 heavy (non-hydrogen) atoms. The lowest BCUT2D eigenvalue weighted by Crippen LogP contribution is -2.41. The van der Waals surface area contributed by atoms with Gasteiger partial charge in [-0.3, -0.25) is 19.7 Å². The number of rotatable bonds is 5. The molecule has 0 radical (unpaired) electrons. The molecule has 0 atom stereocenters. The molecule has 1 amide bonds. The number of nitro groups is 1. The summed E-state index contributed by atoms with van der Waals surface area (Å²) in [7, 11) is 0. The molecule has 162 valence electrons. The summed E-state index contributed by atoms with van der Waals surface area (Å²) in [6.45, 7) is 2.52. The average Bonchev–Trinajstić information content (AvgIpc) is 3.33. The van der Waals surface area contributed by atoms with E-state index in [1.807, 2.05) is 0 Å². The van der Waals surface area contributed by atoms with Gasteiger partial charge in [-0.05, 0) is 56.0 Å². The molecule has 2 heterocycles. The maximum Gasteiger partial charge on any atom is 0.270 e. The van der Waals surface area contributed by atoms with E-state index in [2.05, 4.69) is 4.90 Å². The highest BCUT2D eigenvalue weighted by Gasteiger charge is 2.31. The van der Waals surface area contributed by atoms with Crippen molar-refractivity contribution in [2.75, 3.05) is 31.1 Å². The van der Waals surface area contributed by atoms with Crippen molar-refractivity contribution in [2.45, 2.75) is 25.7 Å². The van der Waals surface area contributed by atoms with Crippen molar-refractivity contribution in [1.82, 2.24) is 4.90 Å². The van der Waals surface area contributed by atoms with E-state index >= 15 is 0 Å². The number of non-ortho nitro benzene ring substituents is 1. The monoisotopic (exact) mass is 423 g/mol. The number of carbonyl (C=O) groups is 2. The van der Waals surface area contributed by atoms with Gasteiger partial charge in [0.05, 0.1) is 16.2 Å². The molecule has 8 heteroatoms. The third-order valence-electron chi connectivity index (χ3n) is 6.17. The van der Waals surface area contributed by atoms with E-state index in [1.54, 1.807) is 23.1 Å². The molecule has 2 aliphatic rings. The predicted molar refractivity (Wildman–Crippen MR) is 116 cm³/mol. The number of aromatic hydroxyl groups is 1. The molecule has 2 fully saturated rings. The molecule has 0 saturated carbocycles. The number of piperidine rings is 1. The predicted octanol–water partition coefficient (Wildman–Crippen LogP) is 3.64. The number of carbonyl (C=O) groups excluding carboxylic acids is 2. The molecule has 0 spiro atoms.